The van der Waals surface area contributed by atoms with E-state index in [2.05, 4.69) is 174 Å². The van der Waals surface area contributed by atoms with Gasteiger partial charge in [-0.25, -0.2) is 0 Å². The quantitative estimate of drug-likeness (QED) is 0.192. The highest BCUT2D eigenvalue weighted by molar-refractivity contribution is 6.00. The standard InChI is InChI=1S/C43H31NO/c1-45-43-28-25-38(39-18-7-8-19-40(39)43)31-21-23-32(24-22-31)41-26-27-42(44(41)35-15-3-2-4-16-35)34-14-9-13-33(29-34)37-20-10-12-30-11-5-6-17-36(30)37/h2-29H,1H3. The second-order valence-corrected chi connectivity index (χ2v) is 11.3. The van der Waals surface area contributed by atoms with Crippen molar-refractivity contribution in [3.8, 4) is 56.2 Å². The monoisotopic (exact) mass is 577 g/mol. The Balaban J connectivity index is 1.23. The van der Waals surface area contributed by atoms with Crippen LogP contribution in [0.2, 0.25) is 0 Å². The van der Waals surface area contributed by atoms with Crippen molar-refractivity contribution in [2.24, 2.45) is 0 Å². The number of hydrogen-bond acceptors (Lipinski definition) is 1. The van der Waals surface area contributed by atoms with Gasteiger partial charge in [-0.05, 0) is 85.9 Å². The third-order valence-electron chi connectivity index (χ3n) is 8.75. The second-order valence-electron chi connectivity index (χ2n) is 11.3. The van der Waals surface area contributed by atoms with Gasteiger partial charge in [0.15, 0.2) is 0 Å². The van der Waals surface area contributed by atoms with E-state index in [4.69, 9.17) is 4.74 Å². The molecule has 8 aromatic rings. The van der Waals surface area contributed by atoms with Gasteiger partial charge in [0.25, 0.3) is 0 Å². The van der Waals surface area contributed by atoms with Crippen LogP contribution in [-0.4, -0.2) is 11.7 Å². The largest absolute Gasteiger partial charge is 0.496 e. The normalized spacial score (nSPS) is 11.2. The first-order valence-corrected chi connectivity index (χ1v) is 15.3. The predicted molar refractivity (Wildman–Crippen MR) is 189 cm³/mol. The maximum atomic E-state index is 5.64. The van der Waals surface area contributed by atoms with Gasteiger partial charge in [0, 0.05) is 11.1 Å². The van der Waals surface area contributed by atoms with E-state index < -0.39 is 0 Å². The third kappa shape index (κ3) is 4.77. The molecule has 1 aromatic heterocycles. The maximum Gasteiger partial charge on any atom is 0.126 e. The summed E-state index contributed by atoms with van der Waals surface area (Å²) in [5.41, 5.74) is 10.6. The lowest BCUT2D eigenvalue weighted by atomic mass is 9.96. The molecule has 0 bridgehead atoms. The molecule has 0 atom stereocenters. The number of aromatic nitrogens is 1. The molecule has 8 rings (SSSR count). The third-order valence-corrected chi connectivity index (χ3v) is 8.75. The van der Waals surface area contributed by atoms with Crippen LogP contribution in [0.15, 0.2) is 170 Å². The number of benzene rings is 7. The van der Waals surface area contributed by atoms with Gasteiger partial charge in [-0.1, -0.05) is 133 Å². The van der Waals surface area contributed by atoms with Crippen molar-refractivity contribution in [1.82, 2.24) is 4.57 Å². The number of nitrogens with zero attached hydrogens (tertiary/aromatic N) is 1. The lowest BCUT2D eigenvalue weighted by Gasteiger charge is -2.16. The average molecular weight is 578 g/mol. The number of methoxy groups -OCH3 is 1. The molecule has 2 heteroatoms. The molecule has 214 valence electrons. The van der Waals surface area contributed by atoms with Crippen LogP contribution >= 0.6 is 0 Å². The van der Waals surface area contributed by atoms with Crippen molar-refractivity contribution in [3.05, 3.63) is 170 Å². The van der Waals surface area contributed by atoms with Crippen LogP contribution in [0.4, 0.5) is 0 Å². The fraction of sp³-hybridized carbons (Fsp3) is 0.0233. The van der Waals surface area contributed by atoms with E-state index in [1.165, 1.54) is 44.0 Å². The summed E-state index contributed by atoms with van der Waals surface area (Å²) in [6.45, 7) is 0. The lowest BCUT2D eigenvalue weighted by Crippen LogP contribution is -1.99. The Morgan fingerprint density at radius 3 is 1.80 bits per heavy atom. The predicted octanol–water partition coefficient (Wildman–Crippen LogP) is 11.5. The summed E-state index contributed by atoms with van der Waals surface area (Å²) >= 11 is 0. The first-order chi connectivity index (χ1) is 22.3. The van der Waals surface area contributed by atoms with E-state index in [1.807, 2.05) is 0 Å². The molecule has 2 nitrogen and oxygen atoms in total. The van der Waals surface area contributed by atoms with Gasteiger partial charge in [0.2, 0.25) is 0 Å². The van der Waals surface area contributed by atoms with Gasteiger partial charge >= 0.3 is 0 Å². The molecular formula is C43H31NO. The van der Waals surface area contributed by atoms with Crippen LogP contribution in [-0.2, 0) is 0 Å². The molecule has 1 heterocycles. The smallest absolute Gasteiger partial charge is 0.126 e. The van der Waals surface area contributed by atoms with Crippen LogP contribution in [0.1, 0.15) is 0 Å². The fourth-order valence-corrected chi connectivity index (χ4v) is 6.59. The highest BCUT2D eigenvalue weighted by Gasteiger charge is 2.16. The highest BCUT2D eigenvalue weighted by atomic mass is 16.5. The molecule has 0 radical (unpaired) electrons. The second kappa shape index (κ2) is 11.3. The summed E-state index contributed by atoms with van der Waals surface area (Å²) in [6, 6.07) is 60.8. The zero-order valence-corrected chi connectivity index (χ0v) is 25.0. The molecule has 0 aliphatic heterocycles. The molecule has 0 N–H and O–H groups in total. The molecule has 0 saturated carbocycles. The molecule has 0 spiro atoms. The van der Waals surface area contributed by atoms with Gasteiger partial charge < -0.3 is 9.30 Å². The zero-order valence-electron chi connectivity index (χ0n) is 25.0. The summed E-state index contributed by atoms with van der Waals surface area (Å²) in [5.74, 6) is 0.892. The Kier molecular flexibility index (Phi) is 6.73. The minimum Gasteiger partial charge on any atom is -0.496 e. The molecular weight excluding hydrogens is 546 g/mol. The maximum absolute atomic E-state index is 5.64. The van der Waals surface area contributed by atoms with Crippen LogP contribution in [0.5, 0.6) is 5.75 Å². The number of hydrogen-bond donors (Lipinski definition) is 0. The summed E-state index contributed by atoms with van der Waals surface area (Å²) in [7, 11) is 1.73. The summed E-state index contributed by atoms with van der Waals surface area (Å²) in [4.78, 5) is 0. The topological polar surface area (TPSA) is 14.2 Å². The summed E-state index contributed by atoms with van der Waals surface area (Å²) in [5, 5.41) is 4.82. The van der Waals surface area contributed by atoms with E-state index in [1.54, 1.807) is 7.11 Å². The fourth-order valence-electron chi connectivity index (χ4n) is 6.59. The molecule has 7 aromatic carbocycles. The van der Waals surface area contributed by atoms with Crippen LogP contribution in [0.25, 0.3) is 72.0 Å². The van der Waals surface area contributed by atoms with Crippen LogP contribution < -0.4 is 4.74 Å². The molecule has 45 heavy (non-hydrogen) atoms. The number of para-hydroxylation sites is 1. The van der Waals surface area contributed by atoms with Crippen molar-refractivity contribution >= 4 is 21.5 Å². The van der Waals surface area contributed by atoms with Crippen LogP contribution in [0, 0.1) is 0 Å². The first kappa shape index (κ1) is 26.7. The number of rotatable bonds is 6. The van der Waals surface area contributed by atoms with Gasteiger partial charge in [0.1, 0.15) is 5.75 Å². The highest BCUT2D eigenvalue weighted by Crippen LogP contribution is 2.38. The molecule has 0 unspecified atom stereocenters. The molecule has 0 fully saturated rings. The van der Waals surface area contributed by atoms with Gasteiger partial charge in [-0.15, -0.1) is 0 Å². The summed E-state index contributed by atoms with van der Waals surface area (Å²) < 4.78 is 8.01. The molecule has 0 aliphatic carbocycles. The van der Waals surface area contributed by atoms with E-state index in [0.29, 0.717) is 0 Å². The first-order valence-electron chi connectivity index (χ1n) is 15.3. The molecule has 0 amide bonds. The summed E-state index contributed by atoms with van der Waals surface area (Å²) in [6.07, 6.45) is 0. The van der Waals surface area contributed by atoms with Crippen molar-refractivity contribution < 1.29 is 4.74 Å². The van der Waals surface area contributed by atoms with Crippen molar-refractivity contribution in [1.29, 1.82) is 0 Å². The minimum atomic E-state index is 0.892. The number of ether oxygens (including phenoxy) is 1. The van der Waals surface area contributed by atoms with Crippen LogP contribution in [0.3, 0.4) is 0 Å². The van der Waals surface area contributed by atoms with E-state index >= 15 is 0 Å². The van der Waals surface area contributed by atoms with Gasteiger partial charge in [0.05, 0.1) is 18.5 Å². The van der Waals surface area contributed by atoms with Crippen molar-refractivity contribution in [2.45, 2.75) is 0 Å². The van der Waals surface area contributed by atoms with Crippen molar-refractivity contribution in [2.75, 3.05) is 7.11 Å². The zero-order chi connectivity index (χ0) is 30.2. The molecule has 0 saturated heterocycles. The van der Waals surface area contributed by atoms with E-state index in [-0.39, 0.29) is 0 Å². The Morgan fingerprint density at radius 2 is 1.00 bits per heavy atom. The number of fused-ring (bicyclic) bond motifs is 2. The van der Waals surface area contributed by atoms with Gasteiger partial charge in [-0.3, -0.25) is 0 Å². The Morgan fingerprint density at radius 1 is 0.400 bits per heavy atom. The van der Waals surface area contributed by atoms with E-state index in [9.17, 15) is 0 Å². The van der Waals surface area contributed by atoms with Gasteiger partial charge in [-0.2, -0.15) is 0 Å². The Hall–Kier alpha value is -5.86. The molecule has 0 aliphatic rings. The average Bonchev–Trinajstić information content (AvgIpc) is 3.57. The Labute approximate surface area is 263 Å². The Bertz CT molecular complexity index is 2290. The lowest BCUT2D eigenvalue weighted by molar-refractivity contribution is 0.420. The minimum absolute atomic E-state index is 0.892. The SMILES string of the molecule is COc1ccc(-c2ccc(-c3ccc(-c4cccc(-c5cccc6ccccc56)c4)n3-c3ccccc3)cc2)c2ccccc12. The van der Waals surface area contributed by atoms with Crippen molar-refractivity contribution in [3.63, 3.8) is 0 Å². The van der Waals surface area contributed by atoms with E-state index in [0.717, 1.165) is 33.8 Å².